The minimum absolute atomic E-state index is 0.192. The van der Waals surface area contributed by atoms with Crippen LogP contribution in [-0.4, -0.2) is 30.9 Å². The Bertz CT molecular complexity index is 559. The lowest BCUT2D eigenvalue weighted by molar-refractivity contribution is 0.0955. The first kappa shape index (κ1) is 13.2. The number of nitrogens with zero attached hydrogens (tertiary/aromatic N) is 1. The molecule has 0 atom stereocenters. The van der Waals surface area contributed by atoms with E-state index in [2.05, 4.69) is 10.2 Å². The van der Waals surface area contributed by atoms with Gasteiger partial charge in [0, 0.05) is 19.1 Å². The molecule has 2 aliphatic rings. The van der Waals surface area contributed by atoms with Crippen molar-refractivity contribution in [1.82, 2.24) is 5.32 Å². The van der Waals surface area contributed by atoms with Gasteiger partial charge in [0.2, 0.25) is 0 Å². The smallest absolute Gasteiger partial charge is 0.263 e. The standard InChI is InChI=1S/C13H18N4O2S/c14-9-8(11(15)18)13(17-5-1-2-6-17)20-10(9)12(19)16-7-3-4-7/h7H,1-6,14H2,(H2,15,18)(H,16,19). The lowest BCUT2D eigenvalue weighted by atomic mass is 10.2. The third-order valence-electron chi connectivity index (χ3n) is 3.69. The SMILES string of the molecule is NC(=O)c1c(N2CCCC2)sc(C(=O)NC2CC2)c1N. The first-order chi connectivity index (χ1) is 9.58. The molecule has 1 aromatic heterocycles. The number of nitrogens with one attached hydrogen (secondary N) is 1. The van der Waals surface area contributed by atoms with Crippen molar-refractivity contribution >= 4 is 33.8 Å². The van der Waals surface area contributed by atoms with E-state index in [1.165, 1.54) is 11.3 Å². The van der Waals surface area contributed by atoms with Crippen molar-refractivity contribution < 1.29 is 9.59 Å². The van der Waals surface area contributed by atoms with Crippen LogP contribution in [-0.2, 0) is 0 Å². The minimum atomic E-state index is -0.564. The van der Waals surface area contributed by atoms with Gasteiger partial charge in [0.05, 0.1) is 11.3 Å². The van der Waals surface area contributed by atoms with E-state index in [1.54, 1.807) is 0 Å². The van der Waals surface area contributed by atoms with Crippen LogP contribution in [0.15, 0.2) is 0 Å². The highest BCUT2D eigenvalue weighted by molar-refractivity contribution is 7.19. The van der Waals surface area contributed by atoms with Crippen LogP contribution in [0, 0.1) is 0 Å². The highest BCUT2D eigenvalue weighted by Crippen LogP contribution is 2.39. The monoisotopic (exact) mass is 294 g/mol. The molecular formula is C13H18N4O2S. The second-order valence-electron chi connectivity index (χ2n) is 5.33. The lowest BCUT2D eigenvalue weighted by Crippen LogP contribution is -2.25. The molecule has 20 heavy (non-hydrogen) atoms. The third kappa shape index (κ3) is 2.33. The summed E-state index contributed by atoms with van der Waals surface area (Å²) in [6.45, 7) is 1.76. The molecule has 108 valence electrons. The topological polar surface area (TPSA) is 101 Å². The fraction of sp³-hybridized carbons (Fsp3) is 0.538. The van der Waals surface area contributed by atoms with Crippen LogP contribution in [0.5, 0.6) is 0 Å². The Kier molecular flexibility index (Phi) is 3.29. The molecule has 5 N–H and O–H groups in total. The number of amides is 2. The summed E-state index contributed by atoms with van der Waals surface area (Å²) >= 11 is 1.28. The Balaban J connectivity index is 1.95. The van der Waals surface area contributed by atoms with Gasteiger partial charge in [-0.1, -0.05) is 0 Å². The average Bonchev–Trinajstić information content (AvgIpc) is 2.92. The highest BCUT2D eigenvalue weighted by Gasteiger charge is 2.31. The van der Waals surface area contributed by atoms with Crippen molar-refractivity contribution in [3.8, 4) is 0 Å². The van der Waals surface area contributed by atoms with Gasteiger partial charge in [0.1, 0.15) is 9.88 Å². The molecule has 1 saturated carbocycles. The van der Waals surface area contributed by atoms with Gasteiger partial charge in [-0.15, -0.1) is 11.3 Å². The number of carbonyl (C=O) groups is 2. The van der Waals surface area contributed by atoms with E-state index >= 15 is 0 Å². The molecule has 2 heterocycles. The van der Waals surface area contributed by atoms with Gasteiger partial charge >= 0.3 is 0 Å². The summed E-state index contributed by atoms with van der Waals surface area (Å²) < 4.78 is 0. The number of hydrogen-bond acceptors (Lipinski definition) is 5. The van der Waals surface area contributed by atoms with Gasteiger partial charge < -0.3 is 21.7 Å². The lowest BCUT2D eigenvalue weighted by Gasteiger charge is -2.16. The maximum Gasteiger partial charge on any atom is 0.263 e. The molecule has 0 radical (unpaired) electrons. The van der Waals surface area contributed by atoms with E-state index in [9.17, 15) is 9.59 Å². The molecule has 6 nitrogen and oxygen atoms in total. The Morgan fingerprint density at radius 1 is 1.25 bits per heavy atom. The first-order valence-corrected chi connectivity index (χ1v) is 7.67. The Morgan fingerprint density at radius 2 is 1.90 bits per heavy atom. The van der Waals surface area contributed by atoms with Crippen LogP contribution >= 0.6 is 11.3 Å². The summed E-state index contributed by atoms with van der Waals surface area (Å²) in [5.74, 6) is -0.755. The minimum Gasteiger partial charge on any atom is -0.397 e. The number of thiophene rings is 1. The molecule has 3 rings (SSSR count). The van der Waals surface area contributed by atoms with E-state index in [4.69, 9.17) is 11.5 Å². The van der Waals surface area contributed by atoms with Crippen LogP contribution in [0.4, 0.5) is 10.7 Å². The summed E-state index contributed by atoms with van der Waals surface area (Å²) in [7, 11) is 0. The molecule has 1 aliphatic carbocycles. The molecule has 0 bridgehead atoms. The number of rotatable bonds is 4. The molecule has 2 fully saturated rings. The van der Waals surface area contributed by atoms with E-state index in [1.807, 2.05) is 0 Å². The largest absolute Gasteiger partial charge is 0.397 e. The van der Waals surface area contributed by atoms with Crippen LogP contribution in [0.2, 0.25) is 0 Å². The summed E-state index contributed by atoms with van der Waals surface area (Å²) in [5.41, 5.74) is 12.0. The van der Waals surface area contributed by atoms with Crippen LogP contribution in [0.3, 0.4) is 0 Å². The summed E-state index contributed by atoms with van der Waals surface area (Å²) in [6, 6.07) is 0.260. The number of carbonyl (C=O) groups excluding carboxylic acids is 2. The van der Waals surface area contributed by atoms with E-state index in [0.717, 1.165) is 43.8 Å². The fourth-order valence-electron chi connectivity index (χ4n) is 2.46. The van der Waals surface area contributed by atoms with Crippen molar-refractivity contribution in [3.63, 3.8) is 0 Å². The summed E-state index contributed by atoms with van der Waals surface area (Å²) in [6.07, 6.45) is 4.19. The van der Waals surface area contributed by atoms with Gasteiger partial charge in [-0.05, 0) is 25.7 Å². The van der Waals surface area contributed by atoms with Crippen LogP contribution < -0.4 is 21.7 Å². The zero-order valence-electron chi connectivity index (χ0n) is 11.1. The van der Waals surface area contributed by atoms with E-state index in [-0.39, 0.29) is 17.6 Å². The van der Waals surface area contributed by atoms with Gasteiger partial charge in [0.15, 0.2) is 0 Å². The maximum absolute atomic E-state index is 12.2. The normalized spacial score (nSPS) is 18.3. The first-order valence-electron chi connectivity index (χ1n) is 6.86. The zero-order valence-corrected chi connectivity index (χ0v) is 12.0. The van der Waals surface area contributed by atoms with Crippen LogP contribution in [0.25, 0.3) is 0 Å². The quantitative estimate of drug-likeness (QED) is 0.768. The number of nitrogen functional groups attached to an aromatic ring is 1. The maximum atomic E-state index is 12.2. The predicted octanol–water partition coefficient (Wildman–Crippen LogP) is 0.922. The van der Waals surface area contributed by atoms with Crippen molar-refractivity contribution in [2.75, 3.05) is 23.7 Å². The fourth-order valence-corrected chi connectivity index (χ4v) is 3.64. The molecule has 0 aromatic carbocycles. The number of primary amides is 1. The second-order valence-corrected chi connectivity index (χ2v) is 6.33. The summed E-state index contributed by atoms with van der Waals surface area (Å²) in [5, 5.41) is 3.65. The molecule has 0 unspecified atom stereocenters. The second kappa shape index (κ2) is 4.97. The van der Waals surface area contributed by atoms with Crippen LogP contribution in [0.1, 0.15) is 45.7 Å². The van der Waals surface area contributed by atoms with Crippen molar-refractivity contribution in [3.05, 3.63) is 10.4 Å². The van der Waals surface area contributed by atoms with Crippen molar-refractivity contribution in [1.29, 1.82) is 0 Å². The van der Waals surface area contributed by atoms with Crippen molar-refractivity contribution in [2.24, 2.45) is 5.73 Å². The van der Waals surface area contributed by atoms with E-state index in [0.29, 0.717) is 10.4 Å². The molecule has 1 aliphatic heterocycles. The molecule has 0 spiro atoms. The predicted molar refractivity (Wildman–Crippen MR) is 79.2 cm³/mol. The molecule has 1 aromatic rings. The number of hydrogen-bond donors (Lipinski definition) is 3. The van der Waals surface area contributed by atoms with Gasteiger partial charge in [-0.25, -0.2) is 0 Å². The van der Waals surface area contributed by atoms with Crippen molar-refractivity contribution in [2.45, 2.75) is 31.7 Å². The number of anilines is 2. The molecule has 2 amide bonds. The van der Waals surface area contributed by atoms with Gasteiger partial charge in [-0.2, -0.15) is 0 Å². The number of nitrogens with two attached hydrogens (primary N) is 2. The summed E-state index contributed by atoms with van der Waals surface area (Å²) in [4.78, 5) is 26.3. The molecular weight excluding hydrogens is 276 g/mol. The Morgan fingerprint density at radius 3 is 2.45 bits per heavy atom. The third-order valence-corrected chi connectivity index (χ3v) is 4.95. The Labute approximate surface area is 121 Å². The highest BCUT2D eigenvalue weighted by atomic mass is 32.1. The van der Waals surface area contributed by atoms with Gasteiger partial charge in [0.25, 0.3) is 11.8 Å². The van der Waals surface area contributed by atoms with E-state index < -0.39 is 5.91 Å². The Hall–Kier alpha value is -1.76. The zero-order chi connectivity index (χ0) is 14.3. The average molecular weight is 294 g/mol. The molecule has 7 heteroatoms. The molecule has 1 saturated heterocycles. The van der Waals surface area contributed by atoms with Gasteiger partial charge in [-0.3, -0.25) is 9.59 Å².